The van der Waals surface area contributed by atoms with E-state index in [4.69, 9.17) is 4.42 Å². The topological polar surface area (TPSA) is 30.2 Å². The second-order valence-corrected chi connectivity index (χ2v) is 4.45. The zero-order chi connectivity index (χ0) is 9.84. The van der Waals surface area contributed by atoms with E-state index in [9.17, 15) is 4.79 Å². The van der Waals surface area contributed by atoms with Crippen molar-refractivity contribution in [3.05, 3.63) is 17.9 Å². The van der Waals surface area contributed by atoms with Gasteiger partial charge in [0.1, 0.15) is 0 Å². The lowest BCUT2D eigenvalue weighted by atomic mass is 10.3. The zero-order valence-electron chi connectivity index (χ0n) is 8.16. The van der Waals surface area contributed by atoms with Gasteiger partial charge in [0.25, 0.3) is 0 Å². The molecule has 1 rings (SSSR count). The molecule has 0 aliphatic carbocycles. The fourth-order valence-corrected chi connectivity index (χ4v) is 1.70. The van der Waals surface area contributed by atoms with Crippen LogP contribution in [0.15, 0.2) is 21.6 Å². The van der Waals surface area contributed by atoms with Crippen LogP contribution in [0.5, 0.6) is 0 Å². The number of hydrogen-bond donors (Lipinski definition) is 0. The van der Waals surface area contributed by atoms with Gasteiger partial charge in [0.05, 0.1) is 0 Å². The van der Waals surface area contributed by atoms with E-state index in [0.29, 0.717) is 11.0 Å². The van der Waals surface area contributed by atoms with Gasteiger partial charge in [-0.25, -0.2) is 0 Å². The van der Waals surface area contributed by atoms with Crippen molar-refractivity contribution in [2.75, 3.05) is 0 Å². The molecule has 13 heavy (non-hydrogen) atoms. The molecule has 0 saturated carbocycles. The monoisotopic (exact) mass is 198 g/mol. The highest BCUT2D eigenvalue weighted by Gasteiger charge is 2.08. The SMILES string of the molecule is CCC(C)Sc1ccc(C(C)=O)o1. The maximum atomic E-state index is 10.9. The van der Waals surface area contributed by atoms with Crippen molar-refractivity contribution in [2.45, 2.75) is 37.5 Å². The third kappa shape index (κ3) is 2.92. The van der Waals surface area contributed by atoms with Gasteiger partial charge >= 0.3 is 0 Å². The van der Waals surface area contributed by atoms with Gasteiger partial charge in [-0.2, -0.15) is 0 Å². The fourth-order valence-electron chi connectivity index (χ4n) is 0.854. The van der Waals surface area contributed by atoms with Crippen molar-refractivity contribution < 1.29 is 9.21 Å². The van der Waals surface area contributed by atoms with Crippen molar-refractivity contribution >= 4 is 17.5 Å². The molecule has 1 aromatic rings. The van der Waals surface area contributed by atoms with Crippen LogP contribution in [0.3, 0.4) is 0 Å². The Morgan fingerprint density at radius 3 is 2.77 bits per heavy atom. The lowest BCUT2D eigenvalue weighted by molar-refractivity contribution is 0.0982. The van der Waals surface area contributed by atoms with Gasteiger partial charge in [-0.05, 0) is 18.6 Å². The summed E-state index contributed by atoms with van der Waals surface area (Å²) in [4.78, 5) is 10.9. The number of rotatable bonds is 4. The molecule has 1 atom stereocenters. The Kier molecular flexibility index (Phi) is 3.60. The van der Waals surface area contributed by atoms with E-state index in [1.165, 1.54) is 6.92 Å². The number of Topliss-reactive ketones (excluding diaryl/α,β-unsaturated/α-hetero) is 1. The summed E-state index contributed by atoms with van der Waals surface area (Å²) in [6, 6.07) is 3.58. The largest absolute Gasteiger partial charge is 0.447 e. The molecular weight excluding hydrogens is 184 g/mol. The summed E-state index contributed by atoms with van der Waals surface area (Å²) in [6.07, 6.45) is 1.10. The van der Waals surface area contributed by atoms with Crippen LogP contribution in [0, 0.1) is 0 Å². The molecule has 0 spiro atoms. The lowest BCUT2D eigenvalue weighted by Crippen LogP contribution is -1.90. The second-order valence-electron chi connectivity index (χ2n) is 3.01. The highest BCUT2D eigenvalue weighted by Crippen LogP contribution is 2.26. The quantitative estimate of drug-likeness (QED) is 0.549. The van der Waals surface area contributed by atoms with Crippen LogP contribution in [0.25, 0.3) is 0 Å². The summed E-state index contributed by atoms with van der Waals surface area (Å²) < 4.78 is 5.33. The highest BCUT2D eigenvalue weighted by atomic mass is 32.2. The predicted molar refractivity (Wildman–Crippen MR) is 54.3 cm³/mol. The van der Waals surface area contributed by atoms with E-state index < -0.39 is 0 Å². The van der Waals surface area contributed by atoms with E-state index in [0.717, 1.165) is 11.5 Å². The minimum absolute atomic E-state index is 0.0176. The third-order valence-corrected chi connectivity index (χ3v) is 3.01. The average molecular weight is 198 g/mol. The predicted octanol–water partition coefficient (Wildman–Crippen LogP) is 3.37. The lowest BCUT2D eigenvalue weighted by Gasteiger charge is -2.03. The van der Waals surface area contributed by atoms with Crippen molar-refractivity contribution in [1.82, 2.24) is 0 Å². The number of hydrogen-bond acceptors (Lipinski definition) is 3. The molecule has 0 radical (unpaired) electrons. The highest BCUT2D eigenvalue weighted by molar-refractivity contribution is 7.99. The third-order valence-electron chi connectivity index (χ3n) is 1.82. The van der Waals surface area contributed by atoms with Crippen LogP contribution in [0.4, 0.5) is 0 Å². The maximum Gasteiger partial charge on any atom is 0.194 e. The van der Waals surface area contributed by atoms with Gasteiger partial charge in [0, 0.05) is 12.2 Å². The van der Waals surface area contributed by atoms with Crippen LogP contribution < -0.4 is 0 Å². The van der Waals surface area contributed by atoms with E-state index in [1.54, 1.807) is 17.8 Å². The van der Waals surface area contributed by atoms with Crippen LogP contribution in [-0.4, -0.2) is 11.0 Å². The molecule has 0 aromatic carbocycles. The molecule has 0 aliphatic heterocycles. The first-order valence-electron chi connectivity index (χ1n) is 4.41. The number of furan rings is 1. The van der Waals surface area contributed by atoms with E-state index in [1.807, 2.05) is 6.07 Å². The minimum Gasteiger partial charge on any atom is -0.447 e. The zero-order valence-corrected chi connectivity index (χ0v) is 8.98. The molecule has 0 bridgehead atoms. The molecule has 2 nitrogen and oxygen atoms in total. The smallest absolute Gasteiger partial charge is 0.194 e. The Balaban J connectivity index is 2.64. The molecule has 1 aromatic heterocycles. The van der Waals surface area contributed by atoms with Gasteiger partial charge in [-0.1, -0.05) is 25.6 Å². The molecule has 72 valence electrons. The van der Waals surface area contributed by atoms with Gasteiger partial charge in [0.15, 0.2) is 16.6 Å². The van der Waals surface area contributed by atoms with Crippen LogP contribution in [0.1, 0.15) is 37.7 Å². The van der Waals surface area contributed by atoms with Crippen LogP contribution in [-0.2, 0) is 0 Å². The molecule has 1 heterocycles. The molecule has 0 aliphatic rings. The summed E-state index contributed by atoms with van der Waals surface area (Å²) >= 11 is 1.66. The summed E-state index contributed by atoms with van der Waals surface area (Å²) in [5.74, 6) is 0.432. The first kappa shape index (κ1) is 10.4. The van der Waals surface area contributed by atoms with E-state index in [2.05, 4.69) is 13.8 Å². The molecule has 0 amide bonds. The maximum absolute atomic E-state index is 10.9. The van der Waals surface area contributed by atoms with Crippen molar-refractivity contribution in [2.24, 2.45) is 0 Å². The van der Waals surface area contributed by atoms with Gasteiger partial charge in [0.2, 0.25) is 0 Å². The van der Waals surface area contributed by atoms with Crippen molar-refractivity contribution in [3.63, 3.8) is 0 Å². The Hall–Kier alpha value is -0.700. The minimum atomic E-state index is -0.0176. The molecule has 3 heteroatoms. The first-order chi connectivity index (χ1) is 6.13. The fraction of sp³-hybridized carbons (Fsp3) is 0.500. The Morgan fingerprint density at radius 2 is 2.31 bits per heavy atom. The molecule has 0 saturated heterocycles. The summed E-state index contributed by atoms with van der Waals surface area (Å²) in [7, 11) is 0. The first-order valence-corrected chi connectivity index (χ1v) is 5.29. The van der Waals surface area contributed by atoms with E-state index in [-0.39, 0.29) is 5.78 Å². The number of carbonyl (C=O) groups is 1. The number of carbonyl (C=O) groups excluding carboxylic acids is 1. The summed E-state index contributed by atoms with van der Waals surface area (Å²) in [5.41, 5.74) is 0. The number of thioether (sulfide) groups is 1. The molecule has 0 N–H and O–H groups in total. The molecule has 0 fully saturated rings. The summed E-state index contributed by atoms with van der Waals surface area (Å²) in [6.45, 7) is 5.78. The van der Waals surface area contributed by atoms with Crippen molar-refractivity contribution in [3.8, 4) is 0 Å². The van der Waals surface area contributed by atoms with Gasteiger partial charge < -0.3 is 4.42 Å². The van der Waals surface area contributed by atoms with Crippen LogP contribution >= 0.6 is 11.8 Å². The van der Waals surface area contributed by atoms with Crippen LogP contribution in [0.2, 0.25) is 0 Å². The molecule has 1 unspecified atom stereocenters. The van der Waals surface area contributed by atoms with Crippen molar-refractivity contribution in [1.29, 1.82) is 0 Å². The Bertz CT molecular complexity index is 291. The Labute approximate surface area is 82.7 Å². The van der Waals surface area contributed by atoms with Gasteiger partial charge in [-0.3, -0.25) is 4.79 Å². The van der Waals surface area contributed by atoms with E-state index >= 15 is 0 Å². The van der Waals surface area contributed by atoms with Gasteiger partial charge in [-0.15, -0.1) is 0 Å². The normalized spacial score (nSPS) is 12.8. The number of ketones is 1. The summed E-state index contributed by atoms with van der Waals surface area (Å²) in [5, 5.41) is 1.37. The average Bonchev–Trinajstić information content (AvgIpc) is 2.52. The molecular formula is C10H14O2S. The standard InChI is InChI=1S/C10H14O2S/c1-4-7(2)13-10-6-5-9(12-10)8(3)11/h5-7H,4H2,1-3H3. The second kappa shape index (κ2) is 4.51. The Morgan fingerprint density at radius 1 is 1.62 bits per heavy atom.